The molecule has 0 radical (unpaired) electrons. The van der Waals surface area contributed by atoms with Crippen LogP contribution in [-0.4, -0.2) is 15.9 Å². The number of hydrogen-bond acceptors (Lipinski definition) is 2. The Morgan fingerprint density at radius 3 is 2.65 bits per heavy atom. The van der Waals surface area contributed by atoms with Crippen molar-refractivity contribution in [2.24, 2.45) is 0 Å². The molecule has 2 aromatic carbocycles. The van der Waals surface area contributed by atoms with Gasteiger partial charge in [0.05, 0.1) is 11.0 Å². The number of benzene rings is 2. The number of halogens is 2. The Bertz CT molecular complexity index is 765. The second-order valence-electron chi connectivity index (χ2n) is 4.19. The van der Waals surface area contributed by atoms with E-state index in [2.05, 4.69) is 15.3 Å². The summed E-state index contributed by atoms with van der Waals surface area (Å²) in [5, 5.41) is 2.50. The highest BCUT2D eigenvalue weighted by molar-refractivity contribution is 6.03. The molecule has 0 aliphatic rings. The zero-order valence-corrected chi connectivity index (χ0v) is 10.2. The number of imidazole rings is 1. The Hall–Kier alpha value is -2.76. The molecule has 0 atom stereocenters. The van der Waals surface area contributed by atoms with Crippen molar-refractivity contribution in [3.63, 3.8) is 0 Å². The zero-order valence-electron chi connectivity index (χ0n) is 10.2. The van der Waals surface area contributed by atoms with Gasteiger partial charge in [0.1, 0.15) is 0 Å². The number of aromatic nitrogens is 2. The normalized spacial score (nSPS) is 10.7. The minimum Gasteiger partial charge on any atom is -0.324 e. The lowest BCUT2D eigenvalue weighted by molar-refractivity contribution is 0.102. The van der Waals surface area contributed by atoms with Crippen LogP contribution >= 0.6 is 0 Å². The highest BCUT2D eigenvalue weighted by atomic mass is 19.2. The predicted molar refractivity (Wildman–Crippen MR) is 70.4 cm³/mol. The average molecular weight is 273 g/mol. The van der Waals surface area contributed by atoms with Crippen molar-refractivity contribution in [3.8, 4) is 0 Å². The van der Waals surface area contributed by atoms with Gasteiger partial charge in [0, 0.05) is 5.56 Å². The molecular weight excluding hydrogens is 264 g/mol. The van der Waals surface area contributed by atoms with Crippen molar-refractivity contribution >= 4 is 22.9 Å². The number of anilines is 1. The maximum Gasteiger partial charge on any atom is 0.258 e. The molecule has 0 bridgehead atoms. The van der Waals surface area contributed by atoms with Crippen LogP contribution in [0.15, 0.2) is 42.5 Å². The molecule has 0 fully saturated rings. The van der Waals surface area contributed by atoms with Crippen LogP contribution < -0.4 is 5.32 Å². The number of amides is 1. The summed E-state index contributed by atoms with van der Waals surface area (Å²) in [6.45, 7) is 0. The molecule has 0 saturated carbocycles. The van der Waals surface area contributed by atoms with E-state index in [0.29, 0.717) is 5.52 Å². The van der Waals surface area contributed by atoms with E-state index in [9.17, 15) is 13.6 Å². The van der Waals surface area contributed by atoms with E-state index < -0.39 is 17.5 Å². The fraction of sp³-hybridized carbons (Fsp3) is 0. The topological polar surface area (TPSA) is 57.8 Å². The van der Waals surface area contributed by atoms with E-state index in [1.165, 1.54) is 6.07 Å². The largest absolute Gasteiger partial charge is 0.324 e. The molecule has 6 heteroatoms. The molecule has 3 rings (SSSR count). The smallest absolute Gasteiger partial charge is 0.258 e. The number of carbonyl (C=O) groups excluding carboxylic acids is 1. The summed E-state index contributed by atoms with van der Waals surface area (Å²) in [5.74, 6) is -2.38. The van der Waals surface area contributed by atoms with Gasteiger partial charge in [-0.2, -0.15) is 0 Å². The van der Waals surface area contributed by atoms with Crippen LogP contribution in [0, 0.1) is 11.6 Å². The molecule has 2 N–H and O–H groups in total. The Balaban J connectivity index is 1.86. The van der Waals surface area contributed by atoms with Crippen LogP contribution in [0.2, 0.25) is 0 Å². The number of nitrogens with one attached hydrogen (secondary N) is 2. The summed E-state index contributed by atoms with van der Waals surface area (Å²) in [5.41, 5.74) is 1.49. The number of carbonyl (C=O) groups is 1. The lowest BCUT2D eigenvalue weighted by Crippen LogP contribution is -2.13. The van der Waals surface area contributed by atoms with Crippen LogP contribution in [0.4, 0.5) is 14.7 Å². The maximum atomic E-state index is 13.1. The van der Waals surface area contributed by atoms with Crippen LogP contribution in [-0.2, 0) is 0 Å². The zero-order chi connectivity index (χ0) is 14.1. The molecule has 20 heavy (non-hydrogen) atoms. The van der Waals surface area contributed by atoms with Crippen LogP contribution in [0.5, 0.6) is 0 Å². The van der Waals surface area contributed by atoms with Gasteiger partial charge in [-0.15, -0.1) is 0 Å². The third kappa shape index (κ3) is 2.23. The van der Waals surface area contributed by atoms with Crippen LogP contribution in [0.1, 0.15) is 10.4 Å². The van der Waals surface area contributed by atoms with Gasteiger partial charge < -0.3 is 4.98 Å². The van der Waals surface area contributed by atoms with Gasteiger partial charge >= 0.3 is 0 Å². The quantitative estimate of drug-likeness (QED) is 0.753. The molecule has 0 aliphatic heterocycles. The first-order valence-electron chi connectivity index (χ1n) is 5.84. The number of fused-ring (bicyclic) bond motifs is 1. The summed E-state index contributed by atoms with van der Waals surface area (Å²) in [6.07, 6.45) is 0. The first-order valence-corrected chi connectivity index (χ1v) is 5.84. The summed E-state index contributed by atoms with van der Waals surface area (Å²) in [6, 6.07) is 10.2. The highest BCUT2D eigenvalue weighted by Crippen LogP contribution is 2.15. The average Bonchev–Trinajstić information content (AvgIpc) is 2.83. The van der Waals surface area contributed by atoms with Crippen LogP contribution in [0.25, 0.3) is 11.0 Å². The van der Waals surface area contributed by atoms with Gasteiger partial charge in [-0.05, 0) is 30.3 Å². The fourth-order valence-electron chi connectivity index (χ4n) is 1.83. The molecule has 100 valence electrons. The molecule has 1 heterocycles. The summed E-state index contributed by atoms with van der Waals surface area (Å²) in [7, 11) is 0. The van der Waals surface area contributed by atoms with Crippen LogP contribution in [0.3, 0.4) is 0 Å². The van der Waals surface area contributed by atoms with Crippen molar-refractivity contribution in [3.05, 3.63) is 59.7 Å². The summed E-state index contributed by atoms with van der Waals surface area (Å²) in [4.78, 5) is 19.0. The molecule has 1 aromatic heterocycles. The van der Waals surface area contributed by atoms with E-state index in [-0.39, 0.29) is 11.5 Å². The molecule has 1 amide bonds. The van der Waals surface area contributed by atoms with E-state index in [0.717, 1.165) is 17.6 Å². The first-order chi connectivity index (χ1) is 9.63. The summed E-state index contributed by atoms with van der Waals surface area (Å²) >= 11 is 0. The first kappa shape index (κ1) is 12.3. The number of nitrogens with zero attached hydrogens (tertiary/aromatic N) is 1. The number of para-hydroxylation sites is 2. The Morgan fingerprint density at radius 2 is 1.90 bits per heavy atom. The van der Waals surface area contributed by atoms with Crippen molar-refractivity contribution < 1.29 is 13.6 Å². The highest BCUT2D eigenvalue weighted by Gasteiger charge is 2.11. The maximum absolute atomic E-state index is 13.1. The molecular formula is C14H9F2N3O. The third-order valence-corrected chi connectivity index (χ3v) is 2.80. The number of aromatic amines is 1. The SMILES string of the molecule is O=C(Nc1nc2ccccc2[nH]1)c1ccc(F)c(F)c1. The van der Waals surface area contributed by atoms with E-state index in [4.69, 9.17) is 0 Å². The molecule has 0 aliphatic carbocycles. The Morgan fingerprint density at radius 1 is 1.10 bits per heavy atom. The molecule has 0 unspecified atom stereocenters. The second-order valence-corrected chi connectivity index (χ2v) is 4.19. The monoisotopic (exact) mass is 273 g/mol. The van der Waals surface area contributed by atoms with Crippen molar-refractivity contribution in [2.45, 2.75) is 0 Å². The van der Waals surface area contributed by atoms with E-state index in [1.54, 1.807) is 6.07 Å². The number of H-pyrrole nitrogens is 1. The van der Waals surface area contributed by atoms with Crippen molar-refractivity contribution in [1.29, 1.82) is 0 Å². The Kier molecular flexibility index (Phi) is 2.90. The van der Waals surface area contributed by atoms with Gasteiger partial charge in [-0.25, -0.2) is 13.8 Å². The van der Waals surface area contributed by atoms with E-state index >= 15 is 0 Å². The van der Waals surface area contributed by atoms with E-state index in [1.807, 2.05) is 18.2 Å². The van der Waals surface area contributed by atoms with Gasteiger partial charge in [-0.3, -0.25) is 10.1 Å². The molecule has 4 nitrogen and oxygen atoms in total. The van der Waals surface area contributed by atoms with Gasteiger partial charge in [0.15, 0.2) is 11.6 Å². The van der Waals surface area contributed by atoms with Gasteiger partial charge in [0.25, 0.3) is 5.91 Å². The minimum atomic E-state index is -1.07. The van der Waals surface area contributed by atoms with Crippen molar-refractivity contribution in [1.82, 2.24) is 9.97 Å². The van der Waals surface area contributed by atoms with Gasteiger partial charge in [0.2, 0.25) is 5.95 Å². The predicted octanol–water partition coefficient (Wildman–Crippen LogP) is 3.09. The third-order valence-electron chi connectivity index (χ3n) is 2.80. The van der Waals surface area contributed by atoms with Crippen molar-refractivity contribution in [2.75, 3.05) is 5.32 Å². The molecule has 0 spiro atoms. The standard InChI is InChI=1S/C14H9F2N3O/c15-9-6-5-8(7-10(9)16)13(20)19-14-17-11-3-1-2-4-12(11)18-14/h1-7H,(H2,17,18,19,20). The number of hydrogen-bond donors (Lipinski definition) is 2. The molecule has 3 aromatic rings. The lowest BCUT2D eigenvalue weighted by Gasteiger charge is -2.02. The fourth-order valence-corrected chi connectivity index (χ4v) is 1.83. The summed E-state index contributed by atoms with van der Waals surface area (Å²) < 4.78 is 25.9. The Labute approximate surface area is 112 Å². The molecule has 0 saturated heterocycles. The number of rotatable bonds is 2. The second kappa shape index (κ2) is 4.73. The minimum absolute atomic E-state index is 0.0179. The lowest BCUT2D eigenvalue weighted by atomic mass is 10.2. The van der Waals surface area contributed by atoms with Gasteiger partial charge in [-0.1, -0.05) is 12.1 Å².